The fourth-order valence-electron chi connectivity index (χ4n) is 2.54. The molecule has 6 heteroatoms. The van der Waals surface area contributed by atoms with E-state index in [9.17, 15) is 4.55 Å². The Hall–Kier alpha value is -0.693. The lowest BCUT2D eigenvalue weighted by Crippen LogP contribution is -2.50. The van der Waals surface area contributed by atoms with E-state index in [1.807, 2.05) is 20.8 Å². The Balaban J connectivity index is 3.08. The third kappa shape index (κ3) is 9.36. The monoisotopic (exact) mass is 469 g/mol. The van der Waals surface area contributed by atoms with Crippen LogP contribution < -0.4 is 13.9 Å². The first-order valence-electron chi connectivity index (χ1n) is 11.3. The second-order valence-corrected chi connectivity index (χ2v) is 19.4. The van der Waals surface area contributed by atoms with Crippen molar-refractivity contribution >= 4 is 19.7 Å². The van der Waals surface area contributed by atoms with Crippen LogP contribution in [-0.4, -0.2) is 28.8 Å². The Bertz CT molecular complexity index is 728. The third-order valence-corrected chi connectivity index (χ3v) is 11.8. The molecule has 0 spiro atoms. The van der Waals surface area contributed by atoms with Crippen LogP contribution in [0, 0.1) is 0 Å². The molecule has 0 aliphatic carbocycles. The maximum absolute atomic E-state index is 12.5. The van der Waals surface area contributed by atoms with Gasteiger partial charge in [0.15, 0.2) is 5.75 Å². The van der Waals surface area contributed by atoms with Gasteiger partial charge in [0.2, 0.25) is 0 Å². The van der Waals surface area contributed by atoms with Crippen molar-refractivity contribution in [2.24, 2.45) is 0 Å². The lowest BCUT2D eigenvalue weighted by atomic mass is 9.96. The molecule has 1 atom stereocenters. The topological polar surface area (TPSA) is 53.5 Å². The van der Waals surface area contributed by atoms with E-state index >= 15 is 0 Å². The van der Waals surface area contributed by atoms with E-state index < -0.39 is 19.7 Å². The summed E-state index contributed by atoms with van der Waals surface area (Å²) in [5, 5.41) is 0.114. The fourth-order valence-corrected chi connectivity index (χ4v) is 4.48. The summed E-state index contributed by atoms with van der Waals surface area (Å²) in [6, 6.07) is 6.31. The van der Waals surface area contributed by atoms with Crippen LogP contribution in [-0.2, 0) is 17.8 Å². The van der Waals surface area contributed by atoms with Gasteiger partial charge in [-0.05, 0) is 104 Å². The Labute approximate surface area is 196 Å². The molecular formula is C25H47NO3SSi. The highest BCUT2D eigenvalue weighted by Crippen LogP contribution is 2.41. The van der Waals surface area contributed by atoms with Crippen molar-refractivity contribution in [3.63, 3.8) is 0 Å². The minimum atomic E-state index is -1.98. The van der Waals surface area contributed by atoms with E-state index in [0.717, 1.165) is 24.3 Å². The van der Waals surface area contributed by atoms with Crippen molar-refractivity contribution in [3.8, 4) is 11.5 Å². The van der Waals surface area contributed by atoms with Crippen LogP contribution in [0.2, 0.25) is 18.1 Å². The van der Waals surface area contributed by atoms with Crippen LogP contribution in [0.15, 0.2) is 18.2 Å². The number of benzene rings is 1. The zero-order valence-electron chi connectivity index (χ0n) is 22.3. The summed E-state index contributed by atoms with van der Waals surface area (Å²) in [7, 11) is -1.98. The zero-order chi connectivity index (χ0) is 24.5. The average Bonchev–Trinajstić information content (AvgIpc) is 2.51. The van der Waals surface area contributed by atoms with E-state index in [4.69, 9.17) is 9.16 Å². The number of hydrogen-bond acceptors (Lipinski definition) is 4. The maximum Gasteiger partial charge on any atom is 0.250 e. The number of hydrogen-bond donors (Lipinski definition) is 1. The number of ether oxygens (including phenoxy) is 1. The smallest absolute Gasteiger partial charge is 0.250 e. The van der Waals surface area contributed by atoms with Crippen molar-refractivity contribution in [2.75, 3.05) is 0 Å². The Morgan fingerprint density at radius 2 is 1.45 bits per heavy atom. The molecule has 1 N–H and O–H groups in total. The molecule has 0 radical (unpaired) electrons. The van der Waals surface area contributed by atoms with Gasteiger partial charge in [-0.25, -0.2) is 0 Å². The van der Waals surface area contributed by atoms with Crippen molar-refractivity contribution in [3.05, 3.63) is 23.8 Å². The summed E-state index contributed by atoms with van der Waals surface area (Å²) in [6.45, 7) is 27.6. The molecule has 0 fully saturated rings. The zero-order valence-corrected chi connectivity index (χ0v) is 24.1. The van der Waals surface area contributed by atoms with Gasteiger partial charge < -0.3 is 13.7 Å². The summed E-state index contributed by atoms with van der Waals surface area (Å²) < 4.78 is 28.4. The van der Waals surface area contributed by atoms with Gasteiger partial charge in [0.1, 0.15) is 16.1 Å². The van der Waals surface area contributed by atoms with E-state index in [-0.39, 0.29) is 20.9 Å². The van der Waals surface area contributed by atoms with E-state index in [0.29, 0.717) is 0 Å². The fraction of sp³-hybridized carbons (Fsp3) is 0.760. The van der Waals surface area contributed by atoms with Crippen LogP contribution in [0.4, 0.5) is 0 Å². The van der Waals surface area contributed by atoms with Gasteiger partial charge in [-0.2, -0.15) is 0 Å². The normalized spacial score (nSPS) is 15.0. The summed E-state index contributed by atoms with van der Waals surface area (Å²) in [4.78, 5) is 0. The standard InChI is InChI=1S/C25H47NO3SSi/c1-22(2,3)28-21-18-19(14-15-20(21)29-31(12,13)24(7,8)9)16-17-25(10,11)26-30(27)23(4,5)6/h14-15,18,26H,16-17H2,1-13H3. The molecule has 1 aromatic carbocycles. The lowest BCUT2D eigenvalue weighted by molar-refractivity contribution is 0.127. The summed E-state index contributed by atoms with van der Waals surface area (Å²) >= 11 is -1.10. The van der Waals surface area contributed by atoms with Crippen LogP contribution >= 0.6 is 0 Å². The van der Waals surface area contributed by atoms with Gasteiger partial charge in [0.25, 0.3) is 8.32 Å². The molecule has 0 bridgehead atoms. The SMILES string of the molecule is CC(C)(CCc1ccc(O[Si](C)(C)C(C)(C)C)c(OC(C)(C)C)c1)N[S+]([O-])C(C)(C)C. The number of nitrogens with one attached hydrogen (secondary N) is 1. The first-order chi connectivity index (χ1) is 13.6. The van der Waals surface area contributed by atoms with Crippen molar-refractivity contribution in [2.45, 2.75) is 123 Å². The summed E-state index contributed by atoms with van der Waals surface area (Å²) in [6.07, 6.45) is 1.73. The minimum absolute atomic E-state index is 0.114. The van der Waals surface area contributed by atoms with Crippen LogP contribution in [0.3, 0.4) is 0 Å². The predicted molar refractivity (Wildman–Crippen MR) is 138 cm³/mol. The summed E-state index contributed by atoms with van der Waals surface area (Å²) in [5.41, 5.74) is 0.645. The van der Waals surface area contributed by atoms with Gasteiger partial charge in [-0.3, -0.25) is 0 Å². The molecule has 180 valence electrons. The first kappa shape index (κ1) is 28.3. The second kappa shape index (κ2) is 9.66. The second-order valence-electron chi connectivity index (χ2n) is 12.7. The molecule has 0 amide bonds. The molecule has 1 aromatic rings. The van der Waals surface area contributed by atoms with Gasteiger partial charge in [0.05, 0.1) is 5.54 Å². The molecule has 0 saturated heterocycles. The molecule has 0 aromatic heterocycles. The van der Waals surface area contributed by atoms with Crippen molar-refractivity contribution in [1.82, 2.24) is 4.72 Å². The van der Waals surface area contributed by atoms with E-state index in [1.54, 1.807) is 0 Å². The maximum atomic E-state index is 12.5. The van der Waals surface area contributed by atoms with Gasteiger partial charge in [0, 0.05) is 11.4 Å². The molecule has 4 nitrogen and oxygen atoms in total. The average molecular weight is 470 g/mol. The Morgan fingerprint density at radius 3 is 1.90 bits per heavy atom. The Morgan fingerprint density at radius 1 is 0.903 bits per heavy atom. The predicted octanol–water partition coefficient (Wildman–Crippen LogP) is 7.01. The molecule has 1 rings (SSSR count). The molecule has 0 aliphatic heterocycles. The van der Waals surface area contributed by atoms with Gasteiger partial charge >= 0.3 is 0 Å². The van der Waals surface area contributed by atoms with Crippen LogP contribution in [0.25, 0.3) is 0 Å². The van der Waals surface area contributed by atoms with E-state index in [2.05, 4.69) is 91.4 Å². The highest BCUT2D eigenvalue weighted by Gasteiger charge is 2.40. The molecule has 0 aliphatic rings. The van der Waals surface area contributed by atoms with Crippen LogP contribution in [0.5, 0.6) is 11.5 Å². The highest BCUT2D eigenvalue weighted by atomic mass is 32.2. The minimum Gasteiger partial charge on any atom is -0.598 e. The Kier molecular flexibility index (Phi) is 8.83. The number of rotatable bonds is 8. The molecule has 0 heterocycles. The molecular weight excluding hydrogens is 422 g/mol. The first-order valence-corrected chi connectivity index (χ1v) is 15.4. The quantitative estimate of drug-likeness (QED) is 0.328. The van der Waals surface area contributed by atoms with Crippen LogP contribution in [0.1, 0.15) is 88.1 Å². The molecule has 0 saturated carbocycles. The summed E-state index contributed by atoms with van der Waals surface area (Å²) in [5.74, 6) is 1.63. The third-order valence-electron chi connectivity index (χ3n) is 5.56. The highest BCUT2D eigenvalue weighted by molar-refractivity contribution is 7.90. The van der Waals surface area contributed by atoms with Crippen molar-refractivity contribution < 1.29 is 13.7 Å². The lowest BCUT2D eigenvalue weighted by Gasteiger charge is -2.37. The number of aryl methyl sites for hydroxylation is 1. The molecule has 31 heavy (non-hydrogen) atoms. The van der Waals surface area contributed by atoms with E-state index in [1.165, 1.54) is 5.56 Å². The largest absolute Gasteiger partial charge is 0.598 e. The van der Waals surface area contributed by atoms with Crippen molar-refractivity contribution in [1.29, 1.82) is 0 Å². The van der Waals surface area contributed by atoms with Gasteiger partial charge in [-0.1, -0.05) is 26.8 Å². The molecule has 1 unspecified atom stereocenters. The van der Waals surface area contributed by atoms with Gasteiger partial charge in [-0.15, -0.1) is 4.72 Å².